The first kappa shape index (κ1) is 17.3. The van der Waals surface area contributed by atoms with Crippen LogP contribution in [0.3, 0.4) is 0 Å². The molecule has 1 rings (SSSR count). The van der Waals surface area contributed by atoms with Crippen molar-refractivity contribution < 1.29 is 13.2 Å². The summed E-state index contributed by atoms with van der Waals surface area (Å²) in [4.78, 5) is 0. The number of methoxy groups -OCH3 is 1. The summed E-state index contributed by atoms with van der Waals surface area (Å²) in [7, 11) is -0.419. The summed E-state index contributed by atoms with van der Waals surface area (Å²) in [6.45, 7) is 2.84. The molecule has 0 aromatic heterocycles. The highest BCUT2D eigenvalue weighted by Gasteiger charge is 2.33. The molecule has 8 heteroatoms. The van der Waals surface area contributed by atoms with E-state index in [0.29, 0.717) is 13.2 Å². The molecular formula is C12H24N4O3S. The summed E-state index contributed by atoms with van der Waals surface area (Å²) in [5.41, 5.74) is -0.150. The highest BCUT2D eigenvalue weighted by Crippen LogP contribution is 2.28. The minimum absolute atomic E-state index is 0.150. The molecule has 0 spiro atoms. The molecule has 0 bridgehead atoms. The second-order valence-corrected chi connectivity index (χ2v) is 7.10. The van der Waals surface area contributed by atoms with Gasteiger partial charge in [-0.15, -0.1) is 0 Å². The highest BCUT2D eigenvalue weighted by atomic mass is 32.2. The predicted molar refractivity (Wildman–Crippen MR) is 76.2 cm³/mol. The Labute approximate surface area is 121 Å². The van der Waals surface area contributed by atoms with Gasteiger partial charge in [0.25, 0.3) is 10.2 Å². The second-order valence-electron chi connectivity index (χ2n) is 5.24. The van der Waals surface area contributed by atoms with Gasteiger partial charge in [-0.3, -0.25) is 0 Å². The van der Waals surface area contributed by atoms with E-state index < -0.39 is 10.2 Å². The van der Waals surface area contributed by atoms with E-state index in [4.69, 9.17) is 10.00 Å². The molecule has 0 radical (unpaired) electrons. The zero-order chi connectivity index (χ0) is 15.1. The molecule has 0 saturated carbocycles. The van der Waals surface area contributed by atoms with Crippen molar-refractivity contribution in [1.82, 2.24) is 14.3 Å². The number of nitrogens with zero attached hydrogens (tertiary/aromatic N) is 2. The fourth-order valence-corrected chi connectivity index (χ4v) is 3.36. The van der Waals surface area contributed by atoms with Crippen LogP contribution in [0.5, 0.6) is 0 Å². The number of rotatable bonds is 8. The van der Waals surface area contributed by atoms with Crippen molar-refractivity contribution in [3.05, 3.63) is 0 Å². The van der Waals surface area contributed by atoms with Gasteiger partial charge in [0, 0.05) is 39.1 Å². The van der Waals surface area contributed by atoms with E-state index in [2.05, 4.69) is 10.0 Å². The smallest absolute Gasteiger partial charge is 0.279 e. The van der Waals surface area contributed by atoms with E-state index in [-0.39, 0.29) is 18.4 Å². The van der Waals surface area contributed by atoms with Crippen LogP contribution < -0.4 is 10.0 Å². The third-order valence-electron chi connectivity index (χ3n) is 3.69. The minimum atomic E-state index is -3.53. The predicted octanol–water partition coefficient (Wildman–Crippen LogP) is -0.318. The Hall–Kier alpha value is -0.720. The van der Waals surface area contributed by atoms with Crippen molar-refractivity contribution in [1.29, 1.82) is 5.26 Å². The quantitative estimate of drug-likeness (QED) is 0.641. The maximum absolute atomic E-state index is 12.1. The van der Waals surface area contributed by atoms with E-state index in [1.807, 2.05) is 6.07 Å². The van der Waals surface area contributed by atoms with E-state index in [0.717, 1.165) is 25.9 Å². The first-order valence-electron chi connectivity index (χ1n) is 6.73. The summed E-state index contributed by atoms with van der Waals surface area (Å²) in [6.07, 6.45) is 1.95. The van der Waals surface area contributed by atoms with Gasteiger partial charge in [0.05, 0.1) is 12.7 Å². The number of nitriles is 1. The summed E-state index contributed by atoms with van der Waals surface area (Å²) in [5.74, 6) is 0. The molecule has 1 heterocycles. The van der Waals surface area contributed by atoms with Gasteiger partial charge in [-0.25, -0.2) is 4.72 Å². The topological polar surface area (TPSA) is 94.5 Å². The van der Waals surface area contributed by atoms with Gasteiger partial charge >= 0.3 is 0 Å². The Morgan fingerprint density at radius 2 is 2.10 bits per heavy atom. The average Bonchev–Trinajstić information content (AvgIpc) is 2.44. The number of ether oxygens (including phenoxy) is 1. The van der Waals surface area contributed by atoms with Crippen LogP contribution in [-0.2, 0) is 14.9 Å². The summed E-state index contributed by atoms with van der Waals surface area (Å²) in [5, 5.41) is 11.8. The molecule has 0 aliphatic carbocycles. The second kappa shape index (κ2) is 7.90. The van der Waals surface area contributed by atoms with Crippen LogP contribution in [0.1, 0.15) is 19.3 Å². The summed E-state index contributed by atoms with van der Waals surface area (Å²) in [6, 6.07) is 1.94. The Kier molecular flexibility index (Phi) is 6.85. The molecule has 0 aromatic carbocycles. The third kappa shape index (κ3) is 5.00. The molecule has 1 aliphatic heterocycles. The standard InChI is InChI=1S/C12H24N4O3S/c1-16(9-3-6-13)20(17,18)15-10-12(11-19-2)4-7-14-8-5-12/h14-15H,3-5,7-11H2,1-2H3. The van der Waals surface area contributed by atoms with Gasteiger partial charge in [0.2, 0.25) is 0 Å². The van der Waals surface area contributed by atoms with Crippen molar-refractivity contribution >= 4 is 10.2 Å². The van der Waals surface area contributed by atoms with E-state index in [1.54, 1.807) is 7.11 Å². The zero-order valence-corrected chi connectivity index (χ0v) is 13.0. The Balaban J connectivity index is 2.60. The van der Waals surface area contributed by atoms with Crippen LogP contribution in [0.2, 0.25) is 0 Å². The van der Waals surface area contributed by atoms with Gasteiger partial charge in [0.15, 0.2) is 0 Å². The first-order chi connectivity index (χ1) is 9.46. The number of hydrogen-bond acceptors (Lipinski definition) is 5. The highest BCUT2D eigenvalue weighted by molar-refractivity contribution is 7.87. The summed E-state index contributed by atoms with van der Waals surface area (Å²) < 4.78 is 33.2. The van der Waals surface area contributed by atoms with Crippen molar-refractivity contribution in [3.8, 4) is 6.07 Å². The SMILES string of the molecule is COCC1(CNS(=O)(=O)N(C)CCC#N)CCNCC1. The lowest BCUT2D eigenvalue weighted by Gasteiger charge is -2.37. The summed E-state index contributed by atoms with van der Waals surface area (Å²) >= 11 is 0. The van der Waals surface area contributed by atoms with Crippen LogP contribution >= 0.6 is 0 Å². The Morgan fingerprint density at radius 1 is 1.45 bits per heavy atom. The lowest BCUT2D eigenvalue weighted by molar-refractivity contribution is 0.0574. The zero-order valence-electron chi connectivity index (χ0n) is 12.2. The fraction of sp³-hybridized carbons (Fsp3) is 0.917. The van der Waals surface area contributed by atoms with Crippen LogP contribution in [0.4, 0.5) is 0 Å². The fourth-order valence-electron chi connectivity index (χ4n) is 2.32. The van der Waals surface area contributed by atoms with E-state index in [1.165, 1.54) is 11.4 Å². The normalized spacial score (nSPS) is 18.9. The molecule has 0 unspecified atom stereocenters. The van der Waals surface area contributed by atoms with Gasteiger partial charge < -0.3 is 10.1 Å². The first-order valence-corrected chi connectivity index (χ1v) is 8.17. The molecule has 0 atom stereocenters. The van der Waals surface area contributed by atoms with E-state index >= 15 is 0 Å². The van der Waals surface area contributed by atoms with Crippen molar-refractivity contribution in [2.45, 2.75) is 19.3 Å². The van der Waals surface area contributed by atoms with Gasteiger partial charge in [0.1, 0.15) is 0 Å². The molecule has 1 saturated heterocycles. The molecule has 0 aromatic rings. The van der Waals surface area contributed by atoms with Gasteiger partial charge in [-0.05, 0) is 25.9 Å². The number of hydrogen-bond donors (Lipinski definition) is 2. The third-order valence-corrected chi connectivity index (χ3v) is 5.21. The molecule has 1 aliphatic rings. The van der Waals surface area contributed by atoms with Crippen LogP contribution in [0.25, 0.3) is 0 Å². The van der Waals surface area contributed by atoms with Crippen molar-refractivity contribution in [2.24, 2.45) is 5.41 Å². The molecule has 2 N–H and O–H groups in total. The van der Waals surface area contributed by atoms with Crippen LogP contribution in [-0.4, -0.2) is 59.7 Å². The maximum atomic E-state index is 12.1. The van der Waals surface area contributed by atoms with Crippen LogP contribution in [0, 0.1) is 16.7 Å². The Morgan fingerprint density at radius 3 is 2.65 bits per heavy atom. The molecular weight excluding hydrogens is 280 g/mol. The molecule has 7 nitrogen and oxygen atoms in total. The van der Waals surface area contributed by atoms with Gasteiger partial charge in [-0.2, -0.15) is 18.0 Å². The maximum Gasteiger partial charge on any atom is 0.279 e. The Bertz CT molecular complexity index is 421. The average molecular weight is 304 g/mol. The molecule has 1 fully saturated rings. The van der Waals surface area contributed by atoms with E-state index in [9.17, 15) is 8.42 Å². The lowest BCUT2D eigenvalue weighted by Crippen LogP contribution is -2.49. The largest absolute Gasteiger partial charge is 0.384 e. The molecule has 20 heavy (non-hydrogen) atoms. The van der Waals surface area contributed by atoms with Crippen molar-refractivity contribution in [3.63, 3.8) is 0 Å². The van der Waals surface area contributed by atoms with Crippen LogP contribution in [0.15, 0.2) is 0 Å². The minimum Gasteiger partial charge on any atom is -0.384 e. The molecule has 116 valence electrons. The lowest BCUT2D eigenvalue weighted by atomic mass is 9.80. The monoisotopic (exact) mass is 304 g/mol. The number of piperidine rings is 1. The van der Waals surface area contributed by atoms with Crippen molar-refractivity contribution in [2.75, 3.05) is 46.9 Å². The number of nitrogens with one attached hydrogen (secondary N) is 2. The molecule has 0 amide bonds. The van der Waals surface area contributed by atoms with Gasteiger partial charge in [-0.1, -0.05) is 0 Å².